The summed E-state index contributed by atoms with van der Waals surface area (Å²) in [4.78, 5) is 2.11. The number of rotatable bonds is 6. The topological polar surface area (TPSA) is 50.5 Å². The van der Waals surface area contributed by atoms with E-state index in [1.807, 2.05) is 30.5 Å². The van der Waals surface area contributed by atoms with E-state index in [-0.39, 0.29) is 0 Å². The molecule has 108 valence electrons. The number of hydrogen-bond donors (Lipinski definition) is 1. The summed E-state index contributed by atoms with van der Waals surface area (Å²) in [6, 6.07) is 0. The van der Waals surface area contributed by atoms with Gasteiger partial charge in [0.25, 0.3) is 0 Å². The molecule has 6 heteroatoms. The third kappa shape index (κ3) is 3.43. The average Bonchev–Trinajstić information content (AvgIpc) is 3.04. The zero-order valence-electron chi connectivity index (χ0n) is 11.9. The number of aliphatic hydroxyl groups is 1. The quantitative estimate of drug-likeness (QED) is 0.852. The van der Waals surface area contributed by atoms with Crippen LogP contribution in [0.2, 0.25) is 0 Å². The number of aromatic nitrogens is 2. The second-order valence-electron chi connectivity index (χ2n) is 5.19. The van der Waals surface area contributed by atoms with Gasteiger partial charge in [0.15, 0.2) is 5.75 Å². The van der Waals surface area contributed by atoms with Crippen LogP contribution in [0, 0.1) is 5.92 Å². The lowest BCUT2D eigenvalue weighted by Gasteiger charge is -2.20. The summed E-state index contributed by atoms with van der Waals surface area (Å²) in [6.45, 7) is 1.66. The maximum Gasteiger partial charge on any atom is 0.162 e. The molecule has 0 amide bonds. The Bertz CT molecular complexity index is 403. The van der Waals surface area contributed by atoms with E-state index in [2.05, 4.69) is 10.00 Å². The van der Waals surface area contributed by atoms with Crippen LogP contribution in [0.15, 0.2) is 6.20 Å². The first-order valence-electron chi connectivity index (χ1n) is 6.63. The fourth-order valence-corrected chi connectivity index (χ4v) is 3.62. The maximum atomic E-state index is 10.6. The van der Waals surface area contributed by atoms with Crippen molar-refractivity contribution in [2.24, 2.45) is 5.92 Å². The molecule has 0 aliphatic carbocycles. The highest BCUT2D eigenvalue weighted by molar-refractivity contribution is 7.99. The molecule has 19 heavy (non-hydrogen) atoms. The fourth-order valence-electron chi connectivity index (χ4n) is 2.33. The van der Waals surface area contributed by atoms with Crippen molar-refractivity contribution >= 4 is 11.8 Å². The lowest BCUT2D eigenvalue weighted by atomic mass is 9.99. The van der Waals surface area contributed by atoms with Crippen molar-refractivity contribution in [1.82, 2.24) is 14.7 Å². The average molecular weight is 285 g/mol. The molecule has 2 heterocycles. The summed E-state index contributed by atoms with van der Waals surface area (Å²) in [5.41, 5.74) is 0.830. The molecule has 1 fully saturated rings. The van der Waals surface area contributed by atoms with E-state index in [1.54, 1.807) is 13.3 Å². The second-order valence-corrected chi connectivity index (χ2v) is 6.34. The van der Waals surface area contributed by atoms with Gasteiger partial charge < -0.3 is 14.7 Å². The van der Waals surface area contributed by atoms with Gasteiger partial charge in [-0.1, -0.05) is 0 Å². The highest BCUT2D eigenvalue weighted by Crippen LogP contribution is 2.37. The van der Waals surface area contributed by atoms with Crippen LogP contribution >= 0.6 is 11.8 Å². The summed E-state index contributed by atoms with van der Waals surface area (Å²) in [5.74, 6) is 3.16. The van der Waals surface area contributed by atoms with Crippen LogP contribution in [0.1, 0.15) is 18.2 Å². The van der Waals surface area contributed by atoms with Gasteiger partial charge in [-0.15, -0.1) is 0 Å². The molecule has 0 aromatic carbocycles. The van der Waals surface area contributed by atoms with E-state index in [1.165, 1.54) is 0 Å². The summed E-state index contributed by atoms with van der Waals surface area (Å²) >= 11 is 1.91. The first-order valence-corrected chi connectivity index (χ1v) is 7.79. The standard InChI is InChI=1S/C13H23N3O2S/c1-15(2)5-6-16-12(11(18-3)8-14-16)13(17)10-4-7-19-9-10/h8,10,13,17H,4-7,9H2,1-3H3. The van der Waals surface area contributed by atoms with E-state index in [0.29, 0.717) is 11.7 Å². The van der Waals surface area contributed by atoms with Gasteiger partial charge in [-0.3, -0.25) is 4.68 Å². The molecule has 0 bridgehead atoms. The van der Waals surface area contributed by atoms with Crippen molar-refractivity contribution in [3.63, 3.8) is 0 Å². The van der Waals surface area contributed by atoms with Crippen molar-refractivity contribution in [3.05, 3.63) is 11.9 Å². The monoisotopic (exact) mass is 285 g/mol. The predicted molar refractivity (Wildman–Crippen MR) is 77.7 cm³/mol. The number of aliphatic hydroxyl groups excluding tert-OH is 1. The number of thioether (sulfide) groups is 1. The molecule has 1 aromatic heterocycles. The normalized spacial score (nSPS) is 21.0. The number of methoxy groups -OCH3 is 1. The highest BCUT2D eigenvalue weighted by atomic mass is 32.2. The Labute approximate surface area is 118 Å². The Balaban J connectivity index is 2.17. The molecule has 0 saturated carbocycles. The van der Waals surface area contributed by atoms with Gasteiger partial charge >= 0.3 is 0 Å². The largest absolute Gasteiger partial charge is 0.493 e. The number of hydrogen-bond acceptors (Lipinski definition) is 5. The third-order valence-electron chi connectivity index (χ3n) is 3.52. The zero-order chi connectivity index (χ0) is 13.8. The molecular weight excluding hydrogens is 262 g/mol. The van der Waals surface area contributed by atoms with Crippen LogP contribution in [0.4, 0.5) is 0 Å². The van der Waals surface area contributed by atoms with Crippen molar-refractivity contribution in [3.8, 4) is 5.75 Å². The van der Waals surface area contributed by atoms with Crippen LogP contribution in [0.25, 0.3) is 0 Å². The lowest BCUT2D eigenvalue weighted by molar-refractivity contribution is 0.107. The van der Waals surface area contributed by atoms with Crippen LogP contribution in [0.3, 0.4) is 0 Å². The maximum absolute atomic E-state index is 10.6. The molecule has 2 atom stereocenters. The summed E-state index contributed by atoms with van der Waals surface area (Å²) in [6.07, 6.45) is 2.29. The third-order valence-corrected chi connectivity index (χ3v) is 4.70. The molecule has 1 aliphatic heterocycles. The van der Waals surface area contributed by atoms with E-state index >= 15 is 0 Å². The summed E-state index contributed by atoms with van der Waals surface area (Å²) in [7, 11) is 5.70. The Hall–Kier alpha value is -0.720. The van der Waals surface area contributed by atoms with Gasteiger partial charge in [0.05, 0.1) is 19.9 Å². The lowest BCUT2D eigenvalue weighted by Crippen LogP contribution is -2.23. The van der Waals surface area contributed by atoms with E-state index in [4.69, 9.17) is 4.74 Å². The SMILES string of the molecule is COc1cnn(CCN(C)C)c1C(O)C1CCSC1. The van der Waals surface area contributed by atoms with E-state index < -0.39 is 6.10 Å². The summed E-state index contributed by atoms with van der Waals surface area (Å²) < 4.78 is 7.23. The van der Waals surface area contributed by atoms with Gasteiger partial charge in [0.1, 0.15) is 11.8 Å². The van der Waals surface area contributed by atoms with Gasteiger partial charge in [-0.2, -0.15) is 16.9 Å². The van der Waals surface area contributed by atoms with Crippen molar-refractivity contribution in [2.45, 2.75) is 19.1 Å². The van der Waals surface area contributed by atoms with Crippen LogP contribution in [-0.2, 0) is 6.54 Å². The van der Waals surface area contributed by atoms with Crippen LogP contribution < -0.4 is 4.74 Å². The van der Waals surface area contributed by atoms with Gasteiger partial charge in [-0.05, 0) is 32.0 Å². The van der Waals surface area contributed by atoms with Crippen molar-refractivity contribution in [1.29, 1.82) is 0 Å². The van der Waals surface area contributed by atoms with Crippen molar-refractivity contribution in [2.75, 3.05) is 39.3 Å². The Kier molecular flexibility index (Phi) is 5.13. The molecule has 1 aliphatic rings. The van der Waals surface area contributed by atoms with E-state index in [9.17, 15) is 5.11 Å². The van der Waals surface area contributed by atoms with Gasteiger partial charge in [-0.25, -0.2) is 0 Å². The van der Waals surface area contributed by atoms with Crippen LogP contribution in [-0.4, -0.2) is 59.0 Å². The Morgan fingerprint density at radius 2 is 2.42 bits per heavy atom. The molecule has 5 nitrogen and oxygen atoms in total. The smallest absolute Gasteiger partial charge is 0.162 e. The Morgan fingerprint density at radius 1 is 1.63 bits per heavy atom. The van der Waals surface area contributed by atoms with E-state index in [0.717, 1.165) is 36.7 Å². The molecule has 2 rings (SSSR count). The van der Waals surface area contributed by atoms with Crippen LogP contribution in [0.5, 0.6) is 5.75 Å². The molecular formula is C13H23N3O2S. The minimum Gasteiger partial charge on any atom is -0.493 e. The first-order chi connectivity index (χ1) is 9.13. The highest BCUT2D eigenvalue weighted by Gasteiger charge is 2.30. The zero-order valence-corrected chi connectivity index (χ0v) is 12.7. The van der Waals surface area contributed by atoms with Crippen molar-refractivity contribution < 1.29 is 9.84 Å². The first kappa shape index (κ1) is 14.7. The molecule has 0 spiro atoms. The molecule has 2 unspecified atom stereocenters. The van der Waals surface area contributed by atoms with Gasteiger partial charge in [0, 0.05) is 12.5 Å². The molecule has 1 N–H and O–H groups in total. The predicted octanol–water partition coefficient (Wildman–Crippen LogP) is 1.24. The summed E-state index contributed by atoms with van der Waals surface area (Å²) in [5, 5.41) is 14.9. The molecule has 1 aromatic rings. The molecule has 1 saturated heterocycles. The minimum atomic E-state index is -0.477. The fraction of sp³-hybridized carbons (Fsp3) is 0.769. The number of likely N-dealkylation sites (N-methyl/N-ethyl adjacent to an activating group) is 1. The second kappa shape index (κ2) is 6.63. The number of nitrogens with zero attached hydrogens (tertiary/aromatic N) is 3. The Morgan fingerprint density at radius 3 is 3.00 bits per heavy atom. The molecule has 0 radical (unpaired) electrons. The number of ether oxygens (including phenoxy) is 1. The van der Waals surface area contributed by atoms with Gasteiger partial charge in [0.2, 0.25) is 0 Å². The minimum absolute atomic E-state index is 0.314.